The Hall–Kier alpha value is -2.48. The number of anilines is 1. The number of benzene rings is 1. The molecule has 0 bridgehead atoms. The lowest BCUT2D eigenvalue weighted by atomic mass is 9.95. The average molecular weight is 355 g/mol. The van der Waals surface area contributed by atoms with E-state index in [1.807, 2.05) is 24.3 Å². The van der Waals surface area contributed by atoms with Crippen LogP contribution in [0.2, 0.25) is 0 Å². The molecule has 1 saturated carbocycles. The molecule has 1 aromatic rings. The molecule has 5 heteroatoms. The van der Waals surface area contributed by atoms with E-state index < -0.39 is 0 Å². The molecule has 1 aromatic carbocycles. The molecule has 0 spiro atoms. The van der Waals surface area contributed by atoms with E-state index in [0.29, 0.717) is 5.75 Å². The van der Waals surface area contributed by atoms with Crippen molar-refractivity contribution in [3.05, 3.63) is 29.3 Å². The van der Waals surface area contributed by atoms with Crippen LogP contribution in [0.3, 0.4) is 0 Å². The second-order valence-electron chi connectivity index (χ2n) is 6.58. The summed E-state index contributed by atoms with van der Waals surface area (Å²) in [5, 5.41) is 12.4. The molecule has 0 radical (unpaired) electrons. The van der Waals surface area contributed by atoms with Crippen molar-refractivity contribution in [1.82, 2.24) is 5.32 Å². The Morgan fingerprint density at radius 2 is 2.00 bits per heavy atom. The lowest BCUT2D eigenvalue weighted by Crippen LogP contribution is -2.36. The maximum atomic E-state index is 12.5. The largest absolute Gasteiger partial charge is 0.496 e. The third kappa shape index (κ3) is 5.01. The van der Waals surface area contributed by atoms with Gasteiger partial charge in [-0.05, 0) is 44.9 Å². The number of nitriles is 1. The average Bonchev–Trinajstić information content (AvgIpc) is 2.68. The van der Waals surface area contributed by atoms with E-state index in [0.717, 1.165) is 50.0 Å². The fraction of sp³-hybridized carbons (Fsp3) is 0.524. The van der Waals surface area contributed by atoms with E-state index in [1.54, 1.807) is 13.2 Å². The number of hydrogen-bond donors (Lipinski definition) is 1. The van der Waals surface area contributed by atoms with Crippen molar-refractivity contribution in [1.29, 1.82) is 5.26 Å². The molecule has 5 nitrogen and oxygen atoms in total. The molecule has 140 valence electrons. The summed E-state index contributed by atoms with van der Waals surface area (Å²) >= 11 is 0. The van der Waals surface area contributed by atoms with Crippen molar-refractivity contribution in [2.24, 2.45) is 0 Å². The first-order chi connectivity index (χ1) is 12.6. The first-order valence-electron chi connectivity index (χ1n) is 9.48. The molecule has 2 rings (SSSR count). The van der Waals surface area contributed by atoms with Crippen LogP contribution in [0.25, 0.3) is 6.08 Å². The topological polar surface area (TPSA) is 65.4 Å². The fourth-order valence-electron chi connectivity index (χ4n) is 3.42. The molecule has 0 aromatic heterocycles. The van der Waals surface area contributed by atoms with E-state index >= 15 is 0 Å². The highest BCUT2D eigenvalue weighted by atomic mass is 16.5. The Morgan fingerprint density at radius 3 is 2.58 bits per heavy atom. The summed E-state index contributed by atoms with van der Waals surface area (Å²) in [4.78, 5) is 14.7. The fourth-order valence-corrected chi connectivity index (χ4v) is 3.42. The van der Waals surface area contributed by atoms with Gasteiger partial charge in [-0.15, -0.1) is 0 Å². The molecular weight excluding hydrogens is 326 g/mol. The minimum Gasteiger partial charge on any atom is -0.496 e. The molecule has 0 saturated heterocycles. The van der Waals surface area contributed by atoms with Crippen molar-refractivity contribution >= 4 is 17.7 Å². The summed E-state index contributed by atoms with van der Waals surface area (Å²) < 4.78 is 5.49. The SMILES string of the molecule is CCN(CC)c1ccc(/C=C(\C#N)C(=O)NC2CCCCC2)c(OC)c1. The molecule has 0 heterocycles. The molecule has 1 aliphatic carbocycles. The van der Waals surface area contributed by atoms with Crippen LogP contribution in [0, 0.1) is 11.3 Å². The van der Waals surface area contributed by atoms with E-state index in [-0.39, 0.29) is 17.5 Å². The van der Waals surface area contributed by atoms with E-state index in [9.17, 15) is 10.1 Å². The molecule has 1 fully saturated rings. The molecule has 26 heavy (non-hydrogen) atoms. The minimum absolute atomic E-state index is 0.115. The second-order valence-corrected chi connectivity index (χ2v) is 6.58. The van der Waals surface area contributed by atoms with Crippen LogP contribution in [0.4, 0.5) is 5.69 Å². The highest BCUT2D eigenvalue weighted by molar-refractivity contribution is 6.02. The normalized spacial score (nSPS) is 15.2. The van der Waals surface area contributed by atoms with Gasteiger partial charge in [-0.25, -0.2) is 0 Å². The molecule has 1 amide bonds. The summed E-state index contributed by atoms with van der Waals surface area (Å²) in [6.07, 6.45) is 7.10. The third-order valence-corrected chi connectivity index (χ3v) is 4.95. The van der Waals surface area contributed by atoms with Gasteiger partial charge in [0.1, 0.15) is 17.4 Å². The summed E-state index contributed by atoms with van der Waals surface area (Å²) in [5.74, 6) is 0.363. The highest BCUT2D eigenvalue weighted by Crippen LogP contribution is 2.27. The number of nitrogens with one attached hydrogen (secondary N) is 1. The Kier molecular flexibility index (Phi) is 7.53. The standard InChI is InChI=1S/C21H29N3O2/c1-4-24(5-2)19-12-11-16(20(14-19)26-3)13-17(15-22)21(25)23-18-9-7-6-8-10-18/h11-14,18H,4-10H2,1-3H3,(H,23,25)/b17-13+. The zero-order valence-electron chi connectivity index (χ0n) is 16.0. The van der Waals surface area contributed by atoms with Crippen LogP contribution in [0.1, 0.15) is 51.5 Å². The summed E-state index contributed by atoms with van der Waals surface area (Å²) in [6, 6.07) is 8.06. The number of carbonyl (C=O) groups excluding carboxylic acids is 1. The maximum Gasteiger partial charge on any atom is 0.262 e. The van der Waals surface area contributed by atoms with Gasteiger partial charge in [0.25, 0.3) is 5.91 Å². The van der Waals surface area contributed by atoms with Crippen LogP contribution in [0.15, 0.2) is 23.8 Å². The first kappa shape index (κ1) is 19.8. The molecule has 1 N–H and O–H groups in total. The van der Waals surface area contributed by atoms with E-state index in [1.165, 1.54) is 6.42 Å². The Balaban J connectivity index is 2.21. The number of hydrogen-bond acceptors (Lipinski definition) is 4. The van der Waals surface area contributed by atoms with Crippen molar-refractivity contribution < 1.29 is 9.53 Å². The maximum absolute atomic E-state index is 12.5. The van der Waals surface area contributed by atoms with Crippen LogP contribution in [0.5, 0.6) is 5.75 Å². The predicted octanol–water partition coefficient (Wildman–Crippen LogP) is 3.90. The van der Waals surface area contributed by atoms with Gasteiger partial charge in [0.2, 0.25) is 0 Å². The Morgan fingerprint density at radius 1 is 1.31 bits per heavy atom. The van der Waals surface area contributed by atoms with Crippen LogP contribution in [-0.2, 0) is 4.79 Å². The van der Waals surface area contributed by atoms with Gasteiger partial charge >= 0.3 is 0 Å². The summed E-state index contributed by atoms with van der Waals surface area (Å²) in [5.41, 5.74) is 1.91. The van der Waals surface area contributed by atoms with E-state index in [4.69, 9.17) is 4.74 Å². The van der Waals surface area contributed by atoms with Crippen molar-refractivity contribution in [2.75, 3.05) is 25.1 Å². The minimum atomic E-state index is -0.297. The first-order valence-corrected chi connectivity index (χ1v) is 9.48. The second kappa shape index (κ2) is 9.86. The van der Waals surface area contributed by atoms with Crippen molar-refractivity contribution in [3.63, 3.8) is 0 Å². The van der Waals surface area contributed by atoms with Gasteiger partial charge in [0.15, 0.2) is 0 Å². The molecule has 1 aliphatic rings. The van der Waals surface area contributed by atoms with Gasteiger partial charge in [0.05, 0.1) is 7.11 Å². The lowest BCUT2D eigenvalue weighted by molar-refractivity contribution is -0.117. The Bertz CT molecular complexity index is 681. The zero-order chi connectivity index (χ0) is 18.9. The number of carbonyl (C=O) groups is 1. The van der Waals surface area contributed by atoms with Crippen LogP contribution < -0.4 is 15.0 Å². The zero-order valence-corrected chi connectivity index (χ0v) is 16.0. The quantitative estimate of drug-likeness (QED) is 0.595. The number of ether oxygens (including phenoxy) is 1. The monoisotopic (exact) mass is 355 g/mol. The van der Waals surface area contributed by atoms with Gasteiger partial charge in [-0.3, -0.25) is 4.79 Å². The van der Waals surface area contributed by atoms with Gasteiger partial charge in [0, 0.05) is 36.4 Å². The van der Waals surface area contributed by atoms with Crippen LogP contribution >= 0.6 is 0 Å². The summed E-state index contributed by atoms with van der Waals surface area (Å²) in [6.45, 7) is 6.02. The molecule has 0 atom stereocenters. The van der Waals surface area contributed by atoms with Gasteiger partial charge in [-0.1, -0.05) is 19.3 Å². The lowest BCUT2D eigenvalue weighted by Gasteiger charge is -2.23. The predicted molar refractivity (Wildman–Crippen MR) is 105 cm³/mol. The molecule has 0 aliphatic heterocycles. The van der Waals surface area contributed by atoms with Gasteiger partial charge < -0.3 is 15.0 Å². The number of amides is 1. The molecular formula is C21H29N3O2. The highest BCUT2D eigenvalue weighted by Gasteiger charge is 2.18. The van der Waals surface area contributed by atoms with E-state index in [2.05, 4.69) is 24.1 Å². The smallest absolute Gasteiger partial charge is 0.262 e. The third-order valence-electron chi connectivity index (χ3n) is 4.95. The summed E-state index contributed by atoms with van der Waals surface area (Å²) in [7, 11) is 1.60. The van der Waals surface area contributed by atoms with Crippen molar-refractivity contribution in [2.45, 2.75) is 52.0 Å². The van der Waals surface area contributed by atoms with Gasteiger partial charge in [-0.2, -0.15) is 5.26 Å². The number of methoxy groups -OCH3 is 1. The molecule has 0 unspecified atom stereocenters. The van der Waals surface area contributed by atoms with Crippen LogP contribution in [-0.4, -0.2) is 32.1 Å². The number of nitrogens with zero attached hydrogens (tertiary/aromatic N) is 2. The van der Waals surface area contributed by atoms with Crippen molar-refractivity contribution in [3.8, 4) is 11.8 Å². The number of rotatable bonds is 7. The Labute approximate surface area is 156 Å².